The summed E-state index contributed by atoms with van der Waals surface area (Å²) < 4.78 is 0. The summed E-state index contributed by atoms with van der Waals surface area (Å²) in [4.78, 5) is 22.0. The number of rotatable bonds is 19. The van der Waals surface area contributed by atoms with Crippen molar-refractivity contribution in [2.75, 3.05) is 6.54 Å². The molecule has 0 bridgehead atoms. The van der Waals surface area contributed by atoms with Gasteiger partial charge in [0, 0.05) is 18.9 Å². The molecule has 0 aromatic heterocycles. The molecule has 1 amide bonds. The van der Waals surface area contributed by atoms with E-state index in [1.165, 1.54) is 70.6 Å². The molecule has 0 saturated heterocycles. The van der Waals surface area contributed by atoms with E-state index in [-0.39, 0.29) is 11.8 Å². The number of aliphatic carboxylic acids is 1. The maximum absolute atomic E-state index is 11.6. The maximum atomic E-state index is 11.6. The number of nitrogens with one attached hydrogen (secondary N) is 1. The van der Waals surface area contributed by atoms with E-state index < -0.39 is 5.97 Å². The molecule has 0 fully saturated rings. The highest BCUT2D eigenvalue weighted by Gasteiger charge is 2.08. The summed E-state index contributed by atoms with van der Waals surface area (Å²) in [6.07, 6.45) is 18.5. The number of hydrogen-bond acceptors (Lipinski definition) is 2. The zero-order valence-corrected chi connectivity index (χ0v) is 17.4. The SMILES string of the molecule is CCC(C)C(=O)NCCCCCCCCCCCCCCCCC(=O)O. The largest absolute Gasteiger partial charge is 0.481 e. The first kappa shape index (κ1) is 24.9. The number of carboxylic acids is 1. The molecule has 4 nitrogen and oxygen atoms in total. The zero-order valence-electron chi connectivity index (χ0n) is 17.4. The van der Waals surface area contributed by atoms with Gasteiger partial charge >= 0.3 is 5.97 Å². The van der Waals surface area contributed by atoms with Crippen LogP contribution < -0.4 is 5.32 Å². The van der Waals surface area contributed by atoms with Crippen molar-refractivity contribution in [2.45, 2.75) is 117 Å². The summed E-state index contributed by atoms with van der Waals surface area (Å²) in [5.74, 6) is -0.321. The van der Waals surface area contributed by atoms with Gasteiger partial charge in [0.15, 0.2) is 0 Å². The fourth-order valence-corrected chi connectivity index (χ4v) is 3.09. The molecule has 0 saturated carbocycles. The highest BCUT2D eigenvalue weighted by Crippen LogP contribution is 2.13. The van der Waals surface area contributed by atoms with E-state index in [1.807, 2.05) is 6.92 Å². The van der Waals surface area contributed by atoms with Gasteiger partial charge in [0.1, 0.15) is 0 Å². The van der Waals surface area contributed by atoms with Gasteiger partial charge in [-0.25, -0.2) is 0 Å². The predicted octanol–water partition coefficient (Wildman–Crippen LogP) is 6.08. The van der Waals surface area contributed by atoms with E-state index in [4.69, 9.17) is 5.11 Å². The molecule has 0 rings (SSSR count). The number of amides is 1. The van der Waals surface area contributed by atoms with Crippen LogP contribution in [0.5, 0.6) is 0 Å². The fourth-order valence-electron chi connectivity index (χ4n) is 3.09. The summed E-state index contributed by atoms with van der Waals surface area (Å²) in [5, 5.41) is 11.6. The minimum atomic E-state index is -0.668. The van der Waals surface area contributed by atoms with Crippen molar-refractivity contribution in [3.8, 4) is 0 Å². The van der Waals surface area contributed by atoms with Crippen LogP contribution in [-0.2, 0) is 9.59 Å². The first-order valence-corrected chi connectivity index (χ1v) is 11.1. The van der Waals surface area contributed by atoms with E-state index in [9.17, 15) is 9.59 Å². The molecule has 4 heteroatoms. The maximum Gasteiger partial charge on any atom is 0.303 e. The lowest BCUT2D eigenvalue weighted by Gasteiger charge is -2.09. The molecule has 1 atom stereocenters. The third kappa shape index (κ3) is 17.8. The Bertz CT molecular complexity index is 344. The quantitative estimate of drug-likeness (QED) is 0.271. The van der Waals surface area contributed by atoms with E-state index in [2.05, 4.69) is 12.2 Å². The van der Waals surface area contributed by atoms with Crippen molar-refractivity contribution in [3.05, 3.63) is 0 Å². The van der Waals surface area contributed by atoms with Crippen LogP contribution in [-0.4, -0.2) is 23.5 Å². The minimum Gasteiger partial charge on any atom is -0.481 e. The van der Waals surface area contributed by atoms with Crippen molar-refractivity contribution >= 4 is 11.9 Å². The van der Waals surface area contributed by atoms with Crippen LogP contribution in [0.4, 0.5) is 0 Å². The van der Waals surface area contributed by atoms with E-state index >= 15 is 0 Å². The molecule has 0 aliphatic heterocycles. The van der Waals surface area contributed by atoms with Crippen molar-refractivity contribution in [1.82, 2.24) is 5.32 Å². The summed E-state index contributed by atoms with van der Waals surface area (Å²) in [6.45, 7) is 4.87. The zero-order chi connectivity index (χ0) is 19.5. The average molecular weight is 370 g/mol. The smallest absolute Gasteiger partial charge is 0.303 e. The van der Waals surface area contributed by atoms with Gasteiger partial charge in [0.2, 0.25) is 5.91 Å². The van der Waals surface area contributed by atoms with Crippen LogP contribution in [0.2, 0.25) is 0 Å². The second-order valence-corrected chi connectivity index (χ2v) is 7.69. The lowest BCUT2D eigenvalue weighted by Crippen LogP contribution is -2.29. The van der Waals surface area contributed by atoms with E-state index in [0.717, 1.165) is 32.2 Å². The molecule has 0 aliphatic rings. The summed E-state index contributed by atoms with van der Waals surface area (Å²) in [6, 6.07) is 0. The van der Waals surface area contributed by atoms with Crippen LogP contribution >= 0.6 is 0 Å². The molecule has 26 heavy (non-hydrogen) atoms. The van der Waals surface area contributed by atoms with Gasteiger partial charge in [-0.2, -0.15) is 0 Å². The Morgan fingerprint density at radius 1 is 0.731 bits per heavy atom. The Kier molecular flexibility index (Phi) is 18.0. The fraction of sp³-hybridized carbons (Fsp3) is 0.909. The normalized spacial score (nSPS) is 12.1. The Morgan fingerprint density at radius 2 is 1.12 bits per heavy atom. The lowest BCUT2D eigenvalue weighted by atomic mass is 10.0. The highest BCUT2D eigenvalue weighted by molar-refractivity contribution is 5.78. The molecule has 0 heterocycles. The number of unbranched alkanes of at least 4 members (excludes halogenated alkanes) is 13. The van der Waals surface area contributed by atoms with Crippen LogP contribution in [0, 0.1) is 5.92 Å². The van der Waals surface area contributed by atoms with Gasteiger partial charge in [-0.15, -0.1) is 0 Å². The second kappa shape index (κ2) is 18.7. The van der Waals surface area contributed by atoms with Crippen molar-refractivity contribution in [1.29, 1.82) is 0 Å². The molecule has 2 N–H and O–H groups in total. The Labute approximate surface area is 161 Å². The molecule has 0 aromatic carbocycles. The van der Waals surface area contributed by atoms with Crippen LogP contribution in [0.3, 0.4) is 0 Å². The van der Waals surface area contributed by atoms with E-state index in [0.29, 0.717) is 6.42 Å². The average Bonchev–Trinajstić information content (AvgIpc) is 2.63. The van der Waals surface area contributed by atoms with Crippen molar-refractivity contribution < 1.29 is 14.7 Å². The first-order chi connectivity index (χ1) is 12.6. The third-order valence-corrected chi connectivity index (χ3v) is 5.18. The molecule has 0 radical (unpaired) electrons. The lowest BCUT2D eigenvalue weighted by molar-refractivity contribution is -0.137. The van der Waals surface area contributed by atoms with Gasteiger partial charge < -0.3 is 10.4 Å². The number of carboxylic acid groups (broad SMARTS) is 1. The Morgan fingerprint density at radius 3 is 1.50 bits per heavy atom. The van der Waals surface area contributed by atoms with Crippen molar-refractivity contribution in [2.24, 2.45) is 5.92 Å². The predicted molar refractivity (Wildman–Crippen MR) is 109 cm³/mol. The van der Waals surface area contributed by atoms with Gasteiger partial charge in [-0.3, -0.25) is 9.59 Å². The first-order valence-electron chi connectivity index (χ1n) is 11.1. The van der Waals surface area contributed by atoms with E-state index in [1.54, 1.807) is 0 Å². The molecule has 1 unspecified atom stereocenters. The Hall–Kier alpha value is -1.06. The Balaban J connectivity index is 3.11. The number of carbonyl (C=O) groups excluding carboxylic acids is 1. The van der Waals surface area contributed by atoms with Gasteiger partial charge in [-0.05, 0) is 19.3 Å². The highest BCUT2D eigenvalue weighted by atomic mass is 16.4. The second-order valence-electron chi connectivity index (χ2n) is 7.69. The molecule has 154 valence electrons. The van der Waals surface area contributed by atoms with Gasteiger partial charge in [0.25, 0.3) is 0 Å². The minimum absolute atomic E-state index is 0.145. The van der Waals surface area contributed by atoms with Crippen LogP contribution in [0.1, 0.15) is 117 Å². The van der Waals surface area contributed by atoms with Crippen molar-refractivity contribution in [3.63, 3.8) is 0 Å². The third-order valence-electron chi connectivity index (χ3n) is 5.18. The summed E-state index contributed by atoms with van der Waals surface area (Å²) >= 11 is 0. The molecule has 0 aromatic rings. The standard InChI is InChI=1S/C22H43NO3/c1-3-20(2)22(26)23-19-17-15-13-11-9-7-5-4-6-8-10-12-14-16-18-21(24)25/h20H,3-19H2,1-2H3,(H,23,26)(H,24,25). The molecular formula is C22H43NO3. The number of hydrogen-bond donors (Lipinski definition) is 2. The monoisotopic (exact) mass is 369 g/mol. The molecular weight excluding hydrogens is 326 g/mol. The molecule has 0 spiro atoms. The molecule has 0 aliphatic carbocycles. The summed E-state index contributed by atoms with van der Waals surface area (Å²) in [7, 11) is 0. The van der Waals surface area contributed by atoms with Crippen LogP contribution in [0.25, 0.3) is 0 Å². The summed E-state index contributed by atoms with van der Waals surface area (Å²) in [5.41, 5.74) is 0. The topological polar surface area (TPSA) is 66.4 Å². The van der Waals surface area contributed by atoms with Gasteiger partial charge in [0.05, 0.1) is 0 Å². The number of carbonyl (C=O) groups is 2. The van der Waals surface area contributed by atoms with Gasteiger partial charge in [-0.1, -0.05) is 90.9 Å². The van der Waals surface area contributed by atoms with Crippen LogP contribution in [0.15, 0.2) is 0 Å².